The fourth-order valence-corrected chi connectivity index (χ4v) is 1.76. The van der Waals surface area contributed by atoms with Gasteiger partial charge in [0.15, 0.2) is 5.82 Å². The zero-order chi connectivity index (χ0) is 14.5. The van der Waals surface area contributed by atoms with E-state index < -0.39 is 0 Å². The number of nitrogens with two attached hydrogens (primary N) is 1. The maximum Gasteiger partial charge on any atom is 0.242 e. The molecule has 0 atom stereocenters. The summed E-state index contributed by atoms with van der Waals surface area (Å²) < 4.78 is 18.9. The Balaban J connectivity index is 2.19. The summed E-state index contributed by atoms with van der Waals surface area (Å²) in [7, 11) is 0. The van der Waals surface area contributed by atoms with Crippen molar-refractivity contribution in [3.05, 3.63) is 41.5 Å². The van der Waals surface area contributed by atoms with Crippen molar-refractivity contribution in [3.63, 3.8) is 0 Å². The van der Waals surface area contributed by atoms with E-state index in [-0.39, 0.29) is 5.82 Å². The molecule has 0 amide bonds. The molecule has 6 heteroatoms. The lowest BCUT2D eigenvalue weighted by atomic mass is 10.2. The highest BCUT2D eigenvalue weighted by Crippen LogP contribution is 2.26. The van der Waals surface area contributed by atoms with Crippen LogP contribution in [-0.4, -0.2) is 16.6 Å². The first-order valence-corrected chi connectivity index (χ1v) is 6.36. The molecule has 0 fully saturated rings. The fraction of sp³-hybridized carbons (Fsp3) is 0.286. The number of hydrogen-bond donors (Lipinski definition) is 2. The molecular weight excluding hydrogens is 259 g/mol. The average Bonchev–Trinajstić information content (AvgIpc) is 2.42. The molecule has 2 rings (SSSR count). The van der Waals surface area contributed by atoms with Crippen LogP contribution in [0.3, 0.4) is 0 Å². The molecule has 0 saturated heterocycles. The van der Waals surface area contributed by atoms with Gasteiger partial charge in [-0.1, -0.05) is 18.2 Å². The Morgan fingerprint density at radius 2 is 2.05 bits per heavy atom. The van der Waals surface area contributed by atoms with Crippen LogP contribution in [0.4, 0.5) is 15.9 Å². The quantitative estimate of drug-likeness (QED) is 0.877. The van der Waals surface area contributed by atoms with Crippen LogP contribution in [0.25, 0.3) is 0 Å². The van der Waals surface area contributed by atoms with Crippen LogP contribution in [0.15, 0.2) is 24.3 Å². The second-order valence-corrected chi connectivity index (χ2v) is 4.22. The van der Waals surface area contributed by atoms with Gasteiger partial charge in [0.2, 0.25) is 5.88 Å². The minimum Gasteiger partial charge on any atom is -0.476 e. The molecule has 106 valence electrons. The Morgan fingerprint density at radius 1 is 1.30 bits per heavy atom. The molecule has 5 nitrogen and oxygen atoms in total. The third-order valence-electron chi connectivity index (χ3n) is 2.71. The monoisotopic (exact) mass is 276 g/mol. The molecule has 0 aliphatic heterocycles. The number of halogens is 1. The number of hydrogen-bond acceptors (Lipinski definition) is 5. The van der Waals surface area contributed by atoms with Gasteiger partial charge in [-0.2, -0.15) is 4.98 Å². The number of benzene rings is 1. The minimum absolute atomic E-state index is 0.269. The Bertz CT molecular complexity index is 604. The number of anilines is 2. The Hall–Kier alpha value is -2.37. The summed E-state index contributed by atoms with van der Waals surface area (Å²) in [4.78, 5) is 8.33. The molecule has 0 radical (unpaired) electrons. The van der Waals surface area contributed by atoms with E-state index >= 15 is 0 Å². The van der Waals surface area contributed by atoms with Gasteiger partial charge in [-0.3, -0.25) is 0 Å². The summed E-state index contributed by atoms with van der Waals surface area (Å²) in [6, 6.07) is 6.54. The van der Waals surface area contributed by atoms with Crippen LogP contribution in [0.2, 0.25) is 0 Å². The Labute approximate surface area is 117 Å². The van der Waals surface area contributed by atoms with E-state index in [1.807, 2.05) is 6.92 Å². The number of nitrogens with zero attached hydrogens (tertiary/aromatic N) is 2. The second-order valence-electron chi connectivity index (χ2n) is 4.22. The molecule has 2 aromatic rings. The highest BCUT2D eigenvalue weighted by molar-refractivity contribution is 5.66. The highest BCUT2D eigenvalue weighted by Gasteiger charge is 2.11. The van der Waals surface area contributed by atoms with Crippen molar-refractivity contribution < 1.29 is 9.13 Å². The fourth-order valence-electron chi connectivity index (χ4n) is 1.76. The van der Waals surface area contributed by atoms with Crippen molar-refractivity contribution in [2.45, 2.75) is 20.4 Å². The standard InChI is InChI=1S/C14H17FN4O/c1-3-20-14-12(16)13(18-9(2)19-14)17-8-10-6-4-5-7-11(10)15/h4-7H,3,8,16H2,1-2H3,(H,17,18,19). The van der Waals surface area contributed by atoms with Crippen LogP contribution < -0.4 is 15.8 Å². The SMILES string of the molecule is CCOc1nc(C)nc(NCc2ccccc2F)c1N. The number of aryl methyl sites for hydroxylation is 1. The van der Waals surface area contributed by atoms with E-state index in [1.54, 1.807) is 25.1 Å². The number of rotatable bonds is 5. The maximum absolute atomic E-state index is 13.5. The van der Waals surface area contributed by atoms with Crippen LogP contribution in [-0.2, 0) is 6.54 Å². The summed E-state index contributed by atoms with van der Waals surface area (Å²) in [5.41, 5.74) is 6.80. The first kappa shape index (κ1) is 14.0. The van der Waals surface area contributed by atoms with Gasteiger partial charge in [0.1, 0.15) is 17.3 Å². The van der Waals surface area contributed by atoms with Crippen molar-refractivity contribution in [3.8, 4) is 5.88 Å². The normalized spacial score (nSPS) is 10.3. The van der Waals surface area contributed by atoms with Crippen molar-refractivity contribution >= 4 is 11.5 Å². The topological polar surface area (TPSA) is 73.1 Å². The minimum atomic E-state index is -0.269. The van der Waals surface area contributed by atoms with Gasteiger partial charge in [0, 0.05) is 12.1 Å². The van der Waals surface area contributed by atoms with Crippen molar-refractivity contribution in [2.24, 2.45) is 0 Å². The number of nitrogens with one attached hydrogen (secondary N) is 1. The third kappa shape index (κ3) is 3.14. The van der Waals surface area contributed by atoms with Crippen molar-refractivity contribution in [2.75, 3.05) is 17.7 Å². The lowest BCUT2D eigenvalue weighted by Crippen LogP contribution is -2.10. The molecule has 0 spiro atoms. The maximum atomic E-state index is 13.5. The summed E-state index contributed by atoms with van der Waals surface area (Å²) >= 11 is 0. The van der Waals surface area contributed by atoms with Gasteiger partial charge in [-0.25, -0.2) is 9.37 Å². The Morgan fingerprint density at radius 3 is 2.75 bits per heavy atom. The first-order chi connectivity index (χ1) is 9.61. The van der Waals surface area contributed by atoms with Crippen molar-refractivity contribution in [1.29, 1.82) is 0 Å². The molecule has 20 heavy (non-hydrogen) atoms. The molecule has 3 N–H and O–H groups in total. The van der Waals surface area contributed by atoms with E-state index in [0.717, 1.165) is 0 Å². The molecule has 0 aliphatic carbocycles. The number of ether oxygens (including phenoxy) is 1. The first-order valence-electron chi connectivity index (χ1n) is 6.36. The Kier molecular flexibility index (Phi) is 4.34. The molecule has 0 bridgehead atoms. The van der Waals surface area contributed by atoms with Gasteiger partial charge in [-0.15, -0.1) is 0 Å². The van der Waals surface area contributed by atoms with Gasteiger partial charge in [-0.05, 0) is 19.9 Å². The summed E-state index contributed by atoms with van der Waals surface area (Å²) in [5, 5.41) is 3.01. The summed E-state index contributed by atoms with van der Waals surface area (Å²) in [6.45, 7) is 4.35. The van der Waals surface area contributed by atoms with E-state index in [9.17, 15) is 4.39 Å². The highest BCUT2D eigenvalue weighted by atomic mass is 19.1. The van der Waals surface area contributed by atoms with Crippen molar-refractivity contribution in [1.82, 2.24) is 9.97 Å². The van der Waals surface area contributed by atoms with E-state index in [4.69, 9.17) is 10.5 Å². The molecular formula is C14H17FN4O. The predicted molar refractivity (Wildman–Crippen MR) is 76.1 cm³/mol. The van der Waals surface area contributed by atoms with Crippen LogP contribution in [0.5, 0.6) is 5.88 Å². The third-order valence-corrected chi connectivity index (χ3v) is 2.71. The largest absolute Gasteiger partial charge is 0.476 e. The lowest BCUT2D eigenvalue weighted by molar-refractivity contribution is 0.327. The molecule has 0 saturated carbocycles. The van der Waals surface area contributed by atoms with Crippen LogP contribution >= 0.6 is 0 Å². The molecule has 1 aromatic heterocycles. The smallest absolute Gasteiger partial charge is 0.242 e. The van der Waals surface area contributed by atoms with Gasteiger partial charge in [0.25, 0.3) is 0 Å². The van der Waals surface area contributed by atoms with E-state index in [0.29, 0.717) is 41.9 Å². The number of nitrogen functional groups attached to an aromatic ring is 1. The number of aromatic nitrogens is 2. The summed E-state index contributed by atoms with van der Waals surface area (Å²) in [6.07, 6.45) is 0. The van der Waals surface area contributed by atoms with E-state index in [2.05, 4.69) is 15.3 Å². The van der Waals surface area contributed by atoms with Crippen LogP contribution in [0.1, 0.15) is 18.3 Å². The lowest BCUT2D eigenvalue weighted by Gasteiger charge is -2.12. The second kappa shape index (κ2) is 6.18. The molecule has 1 aromatic carbocycles. The van der Waals surface area contributed by atoms with Gasteiger partial charge in [0.05, 0.1) is 6.61 Å². The predicted octanol–water partition coefficient (Wildman–Crippen LogP) is 2.52. The molecule has 1 heterocycles. The molecule has 0 aliphatic rings. The zero-order valence-corrected chi connectivity index (χ0v) is 11.5. The zero-order valence-electron chi connectivity index (χ0n) is 11.5. The molecule has 0 unspecified atom stereocenters. The van der Waals surface area contributed by atoms with Crippen LogP contribution in [0, 0.1) is 12.7 Å². The van der Waals surface area contributed by atoms with E-state index in [1.165, 1.54) is 6.07 Å². The average molecular weight is 276 g/mol. The van der Waals surface area contributed by atoms with Gasteiger partial charge >= 0.3 is 0 Å². The summed E-state index contributed by atoms with van der Waals surface area (Å²) in [5.74, 6) is 1.06. The van der Waals surface area contributed by atoms with Gasteiger partial charge < -0.3 is 15.8 Å².